The van der Waals surface area contributed by atoms with Crippen molar-refractivity contribution in [3.05, 3.63) is 117 Å². The molecule has 0 aliphatic heterocycles. The zero-order valence-corrected chi connectivity index (χ0v) is 21.3. The number of carbonyl (C=O) groups excluding carboxylic acids is 1. The summed E-state index contributed by atoms with van der Waals surface area (Å²) in [6, 6.07) is 21.0. The molecule has 4 aromatic rings. The van der Waals surface area contributed by atoms with Crippen molar-refractivity contribution in [3.63, 3.8) is 0 Å². The number of methoxy groups -OCH3 is 1. The van der Waals surface area contributed by atoms with Crippen LogP contribution in [-0.2, 0) is 29.1 Å². The molecule has 0 saturated heterocycles. The molecule has 2 N–H and O–H groups in total. The van der Waals surface area contributed by atoms with Crippen molar-refractivity contribution < 1.29 is 24.5 Å². The molecule has 0 aliphatic carbocycles. The average molecular weight is 515 g/mol. The Balaban J connectivity index is 1.73. The van der Waals surface area contributed by atoms with Crippen LogP contribution in [0.5, 0.6) is 17.2 Å². The first kappa shape index (κ1) is 26.5. The van der Waals surface area contributed by atoms with E-state index in [1.807, 2.05) is 18.2 Å². The molecule has 0 spiro atoms. The maximum Gasteiger partial charge on any atom is 0.306 e. The van der Waals surface area contributed by atoms with Gasteiger partial charge in [0, 0.05) is 29.9 Å². The Morgan fingerprint density at radius 3 is 2.47 bits per heavy atom. The molecule has 8 heteroatoms. The minimum absolute atomic E-state index is 0.0978. The number of rotatable bonds is 10. The van der Waals surface area contributed by atoms with Crippen LogP contribution < -0.4 is 10.3 Å². The molecule has 0 unspecified atom stereocenters. The highest BCUT2D eigenvalue weighted by Gasteiger charge is 2.29. The van der Waals surface area contributed by atoms with Gasteiger partial charge in [-0.1, -0.05) is 36.4 Å². The Morgan fingerprint density at radius 2 is 1.76 bits per heavy atom. The average Bonchev–Trinajstić information content (AvgIpc) is 2.92. The molecule has 0 fully saturated rings. The number of ether oxygens (including phenoxy) is 2. The molecule has 0 saturated carbocycles. The third kappa shape index (κ3) is 6.21. The summed E-state index contributed by atoms with van der Waals surface area (Å²) in [6.07, 6.45) is 2.05. The van der Waals surface area contributed by atoms with Gasteiger partial charge in [0.1, 0.15) is 23.9 Å². The molecular formula is C30H30N2O6. The minimum Gasteiger partial charge on any atom is -0.508 e. The van der Waals surface area contributed by atoms with Gasteiger partial charge in [0.15, 0.2) is 0 Å². The number of aryl methyl sites for hydroxylation is 2. The zero-order chi connectivity index (χ0) is 27.1. The van der Waals surface area contributed by atoms with E-state index in [1.165, 1.54) is 13.2 Å². The zero-order valence-electron chi connectivity index (χ0n) is 21.3. The first-order chi connectivity index (χ1) is 18.4. The van der Waals surface area contributed by atoms with Crippen molar-refractivity contribution in [2.24, 2.45) is 0 Å². The molecule has 8 nitrogen and oxygen atoms in total. The SMILES string of the molecule is COC(=O)C[C@@H](c1ccccc1OCc1ccccn1)c1c(O)cc(C)n(CCc2ccc(O)cc2)c1=O. The van der Waals surface area contributed by atoms with Crippen LogP contribution >= 0.6 is 0 Å². The Labute approximate surface area is 220 Å². The van der Waals surface area contributed by atoms with E-state index in [1.54, 1.807) is 66.2 Å². The van der Waals surface area contributed by atoms with Crippen molar-refractivity contribution in [1.29, 1.82) is 0 Å². The fourth-order valence-electron chi connectivity index (χ4n) is 4.43. The van der Waals surface area contributed by atoms with E-state index in [0.29, 0.717) is 30.0 Å². The van der Waals surface area contributed by atoms with E-state index in [0.717, 1.165) is 11.3 Å². The quantitative estimate of drug-likeness (QED) is 0.300. The fourth-order valence-corrected chi connectivity index (χ4v) is 4.43. The van der Waals surface area contributed by atoms with Crippen molar-refractivity contribution in [3.8, 4) is 17.2 Å². The molecule has 196 valence electrons. The van der Waals surface area contributed by atoms with Crippen LogP contribution in [0.2, 0.25) is 0 Å². The van der Waals surface area contributed by atoms with Gasteiger partial charge in [0.2, 0.25) is 0 Å². The van der Waals surface area contributed by atoms with Crippen molar-refractivity contribution >= 4 is 5.97 Å². The number of hydrogen-bond acceptors (Lipinski definition) is 7. The Bertz CT molecular complexity index is 1450. The number of pyridine rings is 2. The maximum atomic E-state index is 13.8. The maximum absolute atomic E-state index is 13.8. The summed E-state index contributed by atoms with van der Waals surface area (Å²) in [5.74, 6) is -0.882. The molecule has 2 heterocycles. The van der Waals surface area contributed by atoms with Gasteiger partial charge in [-0.2, -0.15) is 0 Å². The number of aromatic hydroxyl groups is 2. The van der Waals surface area contributed by atoms with Crippen LogP contribution in [0.25, 0.3) is 0 Å². The molecule has 0 radical (unpaired) electrons. The standard InChI is InChI=1S/C30H30N2O6/c1-20-17-26(34)29(30(36)32(20)16-14-21-10-12-23(33)13-11-21)25(18-28(35)37-2)24-8-3-4-9-27(24)38-19-22-7-5-6-15-31-22/h3-13,15,17,25,33-34H,14,16,18-19H2,1-2H3/t25-/m0/s1. The van der Waals surface area contributed by atoms with Crippen LogP contribution in [0.15, 0.2) is 83.8 Å². The lowest BCUT2D eigenvalue weighted by Gasteiger charge is -2.22. The summed E-state index contributed by atoms with van der Waals surface area (Å²) in [5, 5.41) is 20.5. The Hall–Kier alpha value is -4.59. The number of para-hydroxylation sites is 1. The van der Waals surface area contributed by atoms with Gasteiger partial charge >= 0.3 is 5.97 Å². The summed E-state index contributed by atoms with van der Waals surface area (Å²) in [4.78, 5) is 30.6. The second-order valence-electron chi connectivity index (χ2n) is 8.94. The lowest BCUT2D eigenvalue weighted by atomic mass is 9.87. The van der Waals surface area contributed by atoms with E-state index in [9.17, 15) is 19.8 Å². The summed E-state index contributed by atoms with van der Waals surface area (Å²) in [5.41, 5.74) is 2.54. The monoisotopic (exact) mass is 514 g/mol. The topological polar surface area (TPSA) is 111 Å². The molecule has 0 amide bonds. The van der Waals surface area contributed by atoms with Gasteiger partial charge in [0.05, 0.1) is 24.8 Å². The van der Waals surface area contributed by atoms with Crippen LogP contribution in [0.1, 0.15) is 40.4 Å². The van der Waals surface area contributed by atoms with Crippen LogP contribution in [-0.4, -0.2) is 32.8 Å². The summed E-state index contributed by atoms with van der Waals surface area (Å²) in [7, 11) is 1.29. The summed E-state index contributed by atoms with van der Waals surface area (Å²) >= 11 is 0. The van der Waals surface area contributed by atoms with E-state index in [2.05, 4.69) is 4.98 Å². The predicted octanol–water partition coefficient (Wildman–Crippen LogP) is 4.48. The van der Waals surface area contributed by atoms with Gasteiger partial charge in [-0.05, 0) is 55.3 Å². The molecule has 0 aliphatic rings. The Kier molecular flexibility index (Phi) is 8.43. The number of benzene rings is 2. The third-order valence-corrected chi connectivity index (χ3v) is 6.43. The second kappa shape index (κ2) is 12.1. The van der Waals surface area contributed by atoms with E-state index >= 15 is 0 Å². The Morgan fingerprint density at radius 1 is 1.03 bits per heavy atom. The van der Waals surface area contributed by atoms with Gasteiger partial charge in [0.25, 0.3) is 5.56 Å². The fraction of sp³-hybridized carbons (Fsp3) is 0.233. The number of carbonyl (C=O) groups is 1. The number of esters is 1. The first-order valence-corrected chi connectivity index (χ1v) is 12.3. The van der Waals surface area contributed by atoms with Gasteiger partial charge < -0.3 is 24.3 Å². The molecule has 1 atom stereocenters. The molecule has 2 aromatic heterocycles. The largest absolute Gasteiger partial charge is 0.508 e. The van der Waals surface area contributed by atoms with E-state index < -0.39 is 17.4 Å². The number of nitrogens with zero attached hydrogens (tertiary/aromatic N) is 2. The number of phenolic OH excluding ortho intramolecular Hbond substituents is 1. The van der Waals surface area contributed by atoms with Crippen molar-refractivity contribution in [1.82, 2.24) is 9.55 Å². The van der Waals surface area contributed by atoms with Crippen LogP contribution in [0.4, 0.5) is 0 Å². The van der Waals surface area contributed by atoms with Gasteiger partial charge in [-0.25, -0.2) is 0 Å². The van der Waals surface area contributed by atoms with Crippen LogP contribution in [0, 0.1) is 6.92 Å². The highest BCUT2D eigenvalue weighted by molar-refractivity contribution is 5.72. The highest BCUT2D eigenvalue weighted by Crippen LogP contribution is 2.37. The summed E-state index contributed by atoms with van der Waals surface area (Å²) in [6.45, 7) is 2.30. The first-order valence-electron chi connectivity index (χ1n) is 12.3. The smallest absolute Gasteiger partial charge is 0.306 e. The normalized spacial score (nSPS) is 11.6. The summed E-state index contributed by atoms with van der Waals surface area (Å²) < 4.78 is 12.6. The van der Waals surface area contributed by atoms with Crippen LogP contribution in [0.3, 0.4) is 0 Å². The van der Waals surface area contributed by atoms with Gasteiger partial charge in [-0.3, -0.25) is 14.6 Å². The lowest BCUT2D eigenvalue weighted by Crippen LogP contribution is -2.29. The number of aromatic nitrogens is 2. The second-order valence-corrected chi connectivity index (χ2v) is 8.94. The lowest BCUT2D eigenvalue weighted by molar-refractivity contribution is -0.140. The minimum atomic E-state index is -0.810. The molecule has 38 heavy (non-hydrogen) atoms. The molecular weight excluding hydrogens is 484 g/mol. The van der Waals surface area contributed by atoms with E-state index in [-0.39, 0.29) is 30.1 Å². The number of hydrogen-bond donors (Lipinski definition) is 2. The molecule has 4 rings (SSSR count). The third-order valence-electron chi connectivity index (χ3n) is 6.43. The number of phenols is 1. The van der Waals surface area contributed by atoms with Crippen molar-refractivity contribution in [2.45, 2.75) is 38.8 Å². The highest BCUT2D eigenvalue weighted by atomic mass is 16.5. The molecule has 0 bridgehead atoms. The molecule has 2 aromatic carbocycles. The van der Waals surface area contributed by atoms with Crippen molar-refractivity contribution in [2.75, 3.05) is 7.11 Å². The van der Waals surface area contributed by atoms with E-state index in [4.69, 9.17) is 9.47 Å². The van der Waals surface area contributed by atoms with Gasteiger partial charge in [-0.15, -0.1) is 0 Å². The predicted molar refractivity (Wildman–Crippen MR) is 142 cm³/mol.